The zero-order chi connectivity index (χ0) is 15.1. The van der Waals surface area contributed by atoms with Crippen molar-refractivity contribution < 1.29 is 13.7 Å². The molecule has 0 atom stereocenters. The van der Waals surface area contributed by atoms with Crippen molar-refractivity contribution in [1.82, 2.24) is 0 Å². The minimum atomic E-state index is -0.317. The van der Waals surface area contributed by atoms with E-state index in [0.29, 0.717) is 4.48 Å². The number of nitrogens with zero attached hydrogens (tertiary/aromatic N) is 1. The second-order valence-corrected chi connectivity index (χ2v) is 6.40. The van der Waals surface area contributed by atoms with Gasteiger partial charge in [-0.15, -0.1) is 0 Å². The molecule has 20 heavy (non-hydrogen) atoms. The van der Waals surface area contributed by atoms with Crippen LogP contribution in [0.3, 0.4) is 0 Å². The molecule has 1 aliphatic rings. The lowest BCUT2D eigenvalue weighted by molar-refractivity contribution is -0.914. The van der Waals surface area contributed by atoms with Crippen molar-refractivity contribution in [2.75, 3.05) is 26.0 Å². The van der Waals surface area contributed by atoms with E-state index in [0.717, 1.165) is 36.2 Å². The van der Waals surface area contributed by atoms with Crippen LogP contribution in [0.5, 0.6) is 0 Å². The Balaban J connectivity index is 2.26. The highest BCUT2D eigenvalue weighted by Gasteiger charge is 2.62. The number of halogens is 1. The van der Waals surface area contributed by atoms with E-state index in [1.165, 1.54) is 12.1 Å². The SMILES string of the molecule is CC[N+](C)(C)C1(C(=O)Nc2c(C)cc(F)cc2C)CC1. The van der Waals surface area contributed by atoms with Gasteiger partial charge < -0.3 is 9.80 Å². The largest absolute Gasteiger partial charge is 0.320 e. The Bertz CT molecular complexity index is 524. The molecule has 1 saturated carbocycles. The van der Waals surface area contributed by atoms with Crippen LogP contribution in [0.2, 0.25) is 0 Å². The molecule has 0 unspecified atom stereocenters. The molecule has 1 N–H and O–H groups in total. The predicted octanol–water partition coefficient (Wildman–Crippen LogP) is 3.01. The molecule has 0 heterocycles. The van der Waals surface area contributed by atoms with Gasteiger partial charge in [-0.3, -0.25) is 4.79 Å². The predicted molar refractivity (Wildman–Crippen MR) is 79.1 cm³/mol. The molecule has 0 aromatic heterocycles. The standard InChI is InChI=1S/C16H23FN2O/c1-6-19(4,5)16(7-8-16)15(20)18-14-11(2)9-13(17)10-12(14)3/h9-10H,6-8H2,1-5H3/p+1. The van der Waals surface area contributed by atoms with Crippen LogP contribution >= 0.6 is 0 Å². The van der Waals surface area contributed by atoms with Gasteiger partial charge in [0, 0.05) is 18.5 Å². The van der Waals surface area contributed by atoms with Gasteiger partial charge in [0.15, 0.2) is 5.54 Å². The van der Waals surface area contributed by atoms with E-state index in [-0.39, 0.29) is 17.3 Å². The molecule has 1 aromatic rings. The lowest BCUT2D eigenvalue weighted by atomic mass is 10.1. The summed E-state index contributed by atoms with van der Waals surface area (Å²) >= 11 is 0. The van der Waals surface area contributed by atoms with Crippen LogP contribution in [-0.4, -0.2) is 36.6 Å². The number of carbonyl (C=O) groups is 1. The van der Waals surface area contributed by atoms with Crippen molar-refractivity contribution in [3.8, 4) is 0 Å². The first kappa shape index (κ1) is 15.0. The Morgan fingerprint density at radius 2 is 1.80 bits per heavy atom. The zero-order valence-electron chi connectivity index (χ0n) is 13.0. The van der Waals surface area contributed by atoms with Gasteiger partial charge in [-0.05, 0) is 44.0 Å². The van der Waals surface area contributed by atoms with E-state index < -0.39 is 0 Å². The fourth-order valence-corrected chi connectivity index (χ4v) is 2.87. The Hall–Kier alpha value is -1.42. The Labute approximate surface area is 120 Å². The van der Waals surface area contributed by atoms with Crippen LogP contribution in [0, 0.1) is 19.7 Å². The van der Waals surface area contributed by atoms with Crippen molar-refractivity contribution in [1.29, 1.82) is 0 Å². The number of amides is 1. The smallest absolute Gasteiger partial charge is 0.285 e. The van der Waals surface area contributed by atoms with Crippen LogP contribution in [0.1, 0.15) is 30.9 Å². The van der Waals surface area contributed by atoms with Crippen molar-refractivity contribution >= 4 is 11.6 Å². The summed E-state index contributed by atoms with van der Waals surface area (Å²) in [6.45, 7) is 6.66. The number of hydrogen-bond donors (Lipinski definition) is 1. The topological polar surface area (TPSA) is 29.1 Å². The first-order valence-electron chi connectivity index (χ1n) is 7.15. The fourth-order valence-electron chi connectivity index (χ4n) is 2.87. The average Bonchev–Trinajstić information content (AvgIpc) is 3.15. The van der Waals surface area contributed by atoms with Crippen molar-refractivity contribution in [3.63, 3.8) is 0 Å². The highest BCUT2D eigenvalue weighted by molar-refractivity contribution is 6.00. The van der Waals surface area contributed by atoms with Gasteiger partial charge in [-0.25, -0.2) is 4.39 Å². The third-order valence-corrected chi connectivity index (χ3v) is 4.83. The highest BCUT2D eigenvalue weighted by Crippen LogP contribution is 2.46. The summed E-state index contributed by atoms with van der Waals surface area (Å²) in [6, 6.07) is 2.92. The first-order valence-corrected chi connectivity index (χ1v) is 7.15. The van der Waals surface area contributed by atoms with Gasteiger partial charge >= 0.3 is 0 Å². The van der Waals surface area contributed by atoms with Crippen molar-refractivity contribution in [3.05, 3.63) is 29.1 Å². The molecule has 0 saturated heterocycles. The molecule has 0 aliphatic heterocycles. The van der Waals surface area contributed by atoms with Crippen molar-refractivity contribution in [2.45, 2.75) is 39.2 Å². The van der Waals surface area contributed by atoms with Gasteiger partial charge in [0.25, 0.3) is 5.91 Å². The summed E-state index contributed by atoms with van der Waals surface area (Å²) in [5.74, 6) is -0.203. The number of hydrogen-bond acceptors (Lipinski definition) is 1. The molecule has 0 spiro atoms. The number of nitrogens with one attached hydrogen (secondary N) is 1. The van der Waals surface area contributed by atoms with E-state index >= 15 is 0 Å². The first-order chi connectivity index (χ1) is 9.23. The molecule has 110 valence electrons. The number of benzene rings is 1. The van der Waals surface area contributed by atoms with Crippen LogP contribution in [0.25, 0.3) is 0 Å². The van der Waals surface area contributed by atoms with E-state index in [4.69, 9.17) is 0 Å². The maximum absolute atomic E-state index is 13.3. The minimum absolute atomic E-state index is 0.0576. The molecule has 3 nitrogen and oxygen atoms in total. The highest BCUT2D eigenvalue weighted by atomic mass is 19.1. The summed E-state index contributed by atoms with van der Waals surface area (Å²) in [4.78, 5) is 12.7. The quantitative estimate of drug-likeness (QED) is 0.843. The second kappa shape index (κ2) is 4.85. The Kier molecular flexibility index (Phi) is 3.63. The summed E-state index contributed by atoms with van der Waals surface area (Å²) < 4.78 is 14.0. The molecule has 4 heteroatoms. The maximum Gasteiger partial charge on any atom is 0.285 e. The van der Waals surface area contributed by atoms with Gasteiger partial charge in [0.05, 0.1) is 20.6 Å². The molecular formula is C16H24FN2O+. The van der Waals surface area contributed by atoms with Crippen LogP contribution in [-0.2, 0) is 4.79 Å². The van der Waals surface area contributed by atoms with Gasteiger partial charge in [0.1, 0.15) is 5.82 Å². The van der Waals surface area contributed by atoms with E-state index in [1.807, 2.05) is 13.8 Å². The minimum Gasteiger partial charge on any atom is -0.320 e. The van der Waals surface area contributed by atoms with E-state index in [2.05, 4.69) is 26.3 Å². The molecule has 1 amide bonds. The molecule has 2 rings (SSSR count). The third kappa shape index (κ3) is 2.33. The van der Waals surface area contributed by atoms with E-state index in [9.17, 15) is 9.18 Å². The van der Waals surface area contributed by atoms with Gasteiger partial charge in [0.2, 0.25) is 0 Å². The molecule has 1 aromatic carbocycles. The third-order valence-electron chi connectivity index (χ3n) is 4.83. The van der Waals surface area contributed by atoms with Gasteiger partial charge in [-0.1, -0.05) is 0 Å². The van der Waals surface area contributed by atoms with Crippen LogP contribution in [0.4, 0.5) is 10.1 Å². The summed E-state index contributed by atoms with van der Waals surface area (Å²) in [6.07, 6.45) is 1.83. The molecule has 0 bridgehead atoms. The Morgan fingerprint density at radius 3 is 2.20 bits per heavy atom. The Morgan fingerprint density at radius 1 is 1.30 bits per heavy atom. The summed E-state index contributed by atoms with van der Waals surface area (Å²) in [7, 11) is 4.19. The number of carbonyl (C=O) groups excluding carboxylic acids is 1. The number of anilines is 1. The normalized spacial score (nSPS) is 16.9. The van der Waals surface area contributed by atoms with Crippen molar-refractivity contribution in [2.24, 2.45) is 0 Å². The lowest BCUT2D eigenvalue weighted by Crippen LogP contribution is -2.56. The molecule has 0 radical (unpaired) electrons. The van der Waals surface area contributed by atoms with E-state index in [1.54, 1.807) is 0 Å². The van der Waals surface area contributed by atoms with Gasteiger partial charge in [-0.2, -0.15) is 0 Å². The molecular weight excluding hydrogens is 255 g/mol. The lowest BCUT2D eigenvalue weighted by Gasteiger charge is -2.36. The fraction of sp³-hybridized carbons (Fsp3) is 0.562. The number of aryl methyl sites for hydroxylation is 2. The number of likely N-dealkylation sites (N-methyl/N-ethyl adjacent to an activating group) is 1. The summed E-state index contributed by atoms with van der Waals surface area (Å²) in [5, 5.41) is 3.03. The maximum atomic E-state index is 13.3. The molecule has 1 aliphatic carbocycles. The second-order valence-electron chi connectivity index (χ2n) is 6.40. The van der Waals surface area contributed by atoms with Crippen LogP contribution in [0.15, 0.2) is 12.1 Å². The average molecular weight is 279 g/mol. The summed E-state index contributed by atoms with van der Waals surface area (Å²) in [5.41, 5.74) is 1.97. The monoisotopic (exact) mass is 279 g/mol. The number of quaternary nitrogens is 1. The van der Waals surface area contributed by atoms with Crippen LogP contribution < -0.4 is 5.32 Å². The number of rotatable bonds is 4. The molecule has 1 fully saturated rings. The zero-order valence-corrected chi connectivity index (χ0v) is 13.0.